The van der Waals surface area contributed by atoms with Gasteiger partial charge in [0.1, 0.15) is 5.75 Å². The van der Waals surface area contributed by atoms with Crippen molar-refractivity contribution in [3.63, 3.8) is 0 Å². The minimum absolute atomic E-state index is 0.0997. The molecule has 2 atom stereocenters. The van der Waals surface area contributed by atoms with Gasteiger partial charge in [0.15, 0.2) is 0 Å². The number of aliphatic carboxylic acids is 1. The molecule has 3 aromatic heterocycles. The van der Waals surface area contributed by atoms with Crippen molar-refractivity contribution in [2.24, 2.45) is 13.0 Å². The average Bonchev–Trinajstić information content (AvgIpc) is 3.29. The summed E-state index contributed by atoms with van der Waals surface area (Å²) in [6.45, 7) is 0.475. The number of hydrogen-bond acceptors (Lipinski definition) is 7. The fourth-order valence-electron chi connectivity index (χ4n) is 4.54. The van der Waals surface area contributed by atoms with E-state index in [4.69, 9.17) is 4.74 Å². The zero-order valence-corrected chi connectivity index (χ0v) is 20.0. The molecule has 0 saturated heterocycles. The molecular weight excluding hydrogens is 456 g/mol. The molecule has 5 rings (SSSR count). The number of carboxylic acids is 1. The number of aromatic nitrogens is 5. The molecule has 1 saturated carbocycles. The number of benzene rings is 1. The first-order chi connectivity index (χ1) is 17.6. The van der Waals surface area contributed by atoms with E-state index in [1.54, 1.807) is 18.6 Å². The molecule has 0 amide bonds. The maximum absolute atomic E-state index is 11.3. The van der Waals surface area contributed by atoms with Crippen LogP contribution in [0.5, 0.6) is 5.75 Å². The second kappa shape index (κ2) is 10.6. The number of carboxylic acid groups (broad SMARTS) is 1. The molecule has 9 nitrogen and oxygen atoms in total. The minimum Gasteiger partial charge on any atom is -0.489 e. The monoisotopic (exact) mass is 484 g/mol. The lowest BCUT2D eigenvalue weighted by atomic mass is 9.87. The van der Waals surface area contributed by atoms with Crippen LogP contribution in [-0.4, -0.2) is 41.9 Å². The molecule has 3 heterocycles. The Bertz CT molecular complexity index is 1320. The van der Waals surface area contributed by atoms with E-state index in [2.05, 4.69) is 25.4 Å². The molecule has 0 bridgehead atoms. The fourth-order valence-corrected chi connectivity index (χ4v) is 4.54. The quantitative estimate of drug-likeness (QED) is 0.374. The van der Waals surface area contributed by atoms with Crippen LogP contribution >= 0.6 is 0 Å². The number of rotatable bonds is 8. The maximum atomic E-state index is 11.3. The molecule has 1 fully saturated rings. The van der Waals surface area contributed by atoms with Gasteiger partial charge in [-0.3, -0.25) is 14.5 Å². The molecular formula is C27H28N6O3. The number of hydrogen-bond donors (Lipinski definition) is 2. The van der Waals surface area contributed by atoms with Crippen LogP contribution in [0.2, 0.25) is 0 Å². The Hall–Kier alpha value is -4.27. The lowest BCUT2D eigenvalue weighted by molar-refractivity contribution is -0.143. The largest absolute Gasteiger partial charge is 0.489 e. The summed E-state index contributed by atoms with van der Waals surface area (Å²) >= 11 is 0. The first kappa shape index (κ1) is 23.5. The molecule has 184 valence electrons. The number of aryl methyl sites for hydroxylation is 1. The number of pyridine rings is 1. The molecule has 4 aromatic rings. The summed E-state index contributed by atoms with van der Waals surface area (Å²) in [4.78, 5) is 24.9. The molecule has 1 aromatic carbocycles. The summed E-state index contributed by atoms with van der Waals surface area (Å²) in [5.41, 5.74) is 4.50. The smallest absolute Gasteiger partial charge is 0.306 e. The number of ether oxygens (including phenoxy) is 1. The van der Waals surface area contributed by atoms with Crippen molar-refractivity contribution in [1.82, 2.24) is 24.7 Å². The molecule has 1 aliphatic rings. The predicted octanol–water partition coefficient (Wildman–Crippen LogP) is 4.57. The molecule has 36 heavy (non-hydrogen) atoms. The second-order valence-corrected chi connectivity index (χ2v) is 8.93. The molecule has 2 N–H and O–H groups in total. The van der Waals surface area contributed by atoms with Gasteiger partial charge in [-0.25, -0.2) is 9.97 Å². The van der Waals surface area contributed by atoms with Gasteiger partial charge in [0.05, 0.1) is 48.0 Å². The van der Waals surface area contributed by atoms with Crippen molar-refractivity contribution in [3.05, 3.63) is 72.8 Å². The minimum atomic E-state index is -0.744. The Morgan fingerprint density at radius 2 is 1.94 bits per heavy atom. The van der Waals surface area contributed by atoms with Crippen molar-refractivity contribution in [2.75, 3.05) is 5.32 Å². The van der Waals surface area contributed by atoms with Crippen LogP contribution in [-0.2, 0) is 18.4 Å². The third-order valence-corrected chi connectivity index (χ3v) is 6.49. The van der Waals surface area contributed by atoms with Gasteiger partial charge in [0, 0.05) is 24.4 Å². The highest BCUT2D eigenvalue weighted by Gasteiger charge is 2.28. The number of nitrogens with one attached hydrogen (secondary N) is 1. The van der Waals surface area contributed by atoms with Crippen LogP contribution in [0.25, 0.3) is 22.5 Å². The van der Waals surface area contributed by atoms with E-state index in [1.165, 1.54) is 0 Å². The first-order valence-corrected chi connectivity index (χ1v) is 12.1. The summed E-state index contributed by atoms with van der Waals surface area (Å²) < 4.78 is 7.85. The van der Waals surface area contributed by atoms with Gasteiger partial charge in [-0.2, -0.15) is 5.10 Å². The van der Waals surface area contributed by atoms with Crippen molar-refractivity contribution in [3.8, 4) is 28.3 Å². The van der Waals surface area contributed by atoms with Gasteiger partial charge >= 0.3 is 5.97 Å². The Morgan fingerprint density at radius 1 is 1.08 bits per heavy atom. The summed E-state index contributed by atoms with van der Waals surface area (Å²) in [7, 11) is 1.89. The second-order valence-electron chi connectivity index (χ2n) is 8.93. The van der Waals surface area contributed by atoms with E-state index in [0.29, 0.717) is 31.1 Å². The van der Waals surface area contributed by atoms with Gasteiger partial charge in [-0.1, -0.05) is 30.3 Å². The molecule has 1 aliphatic carbocycles. The topological polar surface area (TPSA) is 115 Å². The summed E-state index contributed by atoms with van der Waals surface area (Å²) in [5.74, 6) is 0.0994. The predicted molar refractivity (Wildman–Crippen MR) is 135 cm³/mol. The third kappa shape index (κ3) is 5.35. The van der Waals surface area contributed by atoms with Crippen LogP contribution in [0.3, 0.4) is 0 Å². The molecule has 0 unspecified atom stereocenters. The van der Waals surface area contributed by atoms with Gasteiger partial charge in [0.25, 0.3) is 0 Å². The van der Waals surface area contributed by atoms with Crippen LogP contribution in [0.4, 0.5) is 5.95 Å². The zero-order valence-electron chi connectivity index (χ0n) is 20.0. The lowest BCUT2D eigenvalue weighted by Gasteiger charge is -2.27. The average molecular weight is 485 g/mol. The first-order valence-electron chi connectivity index (χ1n) is 12.1. The van der Waals surface area contributed by atoms with Crippen LogP contribution in [0.15, 0.2) is 67.1 Å². The standard InChI is InChI=1S/C27H28N6O3/c1-33-25(17-30-27-28-13-12-23(32-27)18-6-3-2-4-7-18)22(16-31-33)24-11-10-21(15-29-24)36-20-9-5-8-19(14-20)26(34)35/h2-4,6-7,10-13,15-16,19-20H,5,8-9,14,17H2,1H3,(H,34,35)(H,28,30,32)/t19-,20-/m0/s1. The van der Waals surface area contributed by atoms with E-state index in [9.17, 15) is 9.90 Å². The van der Waals surface area contributed by atoms with Crippen LogP contribution in [0, 0.1) is 5.92 Å². The lowest BCUT2D eigenvalue weighted by Crippen LogP contribution is -2.29. The SMILES string of the molecule is Cn1ncc(-c2ccc(O[C@H]3CCC[C@H](C(=O)O)C3)cn2)c1CNc1nccc(-c2ccccc2)n1. The van der Waals surface area contributed by atoms with Crippen LogP contribution in [0.1, 0.15) is 31.4 Å². The Balaban J connectivity index is 1.26. The van der Waals surface area contributed by atoms with E-state index in [0.717, 1.165) is 41.1 Å². The molecule has 0 spiro atoms. The fraction of sp³-hybridized carbons (Fsp3) is 0.296. The third-order valence-electron chi connectivity index (χ3n) is 6.49. The normalized spacial score (nSPS) is 17.5. The summed E-state index contributed by atoms with van der Waals surface area (Å²) in [6.07, 6.45) is 8.09. The van der Waals surface area contributed by atoms with Crippen molar-refractivity contribution < 1.29 is 14.6 Å². The van der Waals surface area contributed by atoms with Crippen LogP contribution < -0.4 is 10.1 Å². The Morgan fingerprint density at radius 3 is 2.72 bits per heavy atom. The van der Waals surface area contributed by atoms with Gasteiger partial charge < -0.3 is 15.2 Å². The van der Waals surface area contributed by atoms with E-state index in [1.807, 2.05) is 60.3 Å². The van der Waals surface area contributed by atoms with Crippen molar-refractivity contribution in [2.45, 2.75) is 38.3 Å². The van der Waals surface area contributed by atoms with Gasteiger partial charge in [0.2, 0.25) is 5.95 Å². The van der Waals surface area contributed by atoms with E-state index < -0.39 is 5.97 Å². The van der Waals surface area contributed by atoms with E-state index >= 15 is 0 Å². The molecule has 0 radical (unpaired) electrons. The van der Waals surface area contributed by atoms with Gasteiger partial charge in [-0.15, -0.1) is 0 Å². The highest BCUT2D eigenvalue weighted by atomic mass is 16.5. The summed E-state index contributed by atoms with van der Waals surface area (Å²) in [5, 5.41) is 17.0. The number of nitrogens with zero attached hydrogens (tertiary/aromatic N) is 5. The highest BCUT2D eigenvalue weighted by molar-refractivity contribution is 5.70. The van der Waals surface area contributed by atoms with Gasteiger partial charge in [-0.05, 0) is 43.9 Å². The van der Waals surface area contributed by atoms with Crippen molar-refractivity contribution in [1.29, 1.82) is 0 Å². The number of anilines is 1. The Labute approximate surface area is 209 Å². The van der Waals surface area contributed by atoms with Crippen molar-refractivity contribution >= 4 is 11.9 Å². The maximum Gasteiger partial charge on any atom is 0.306 e. The molecule has 0 aliphatic heterocycles. The van der Waals surface area contributed by atoms with E-state index in [-0.39, 0.29) is 12.0 Å². The molecule has 9 heteroatoms. The Kier molecular flexibility index (Phi) is 6.88. The summed E-state index contributed by atoms with van der Waals surface area (Å²) in [6, 6.07) is 15.6. The zero-order chi connectivity index (χ0) is 24.9. The number of carbonyl (C=O) groups is 1. The highest BCUT2D eigenvalue weighted by Crippen LogP contribution is 2.29.